The highest BCUT2D eigenvalue weighted by molar-refractivity contribution is 5.91. The summed E-state index contributed by atoms with van der Waals surface area (Å²) in [6.45, 7) is 2.65. The number of aryl methyl sites for hydroxylation is 1. The van der Waals surface area contributed by atoms with E-state index in [2.05, 4.69) is 45.4 Å². The predicted molar refractivity (Wildman–Crippen MR) is 112 cm³/mol. The monoisotopic (exact) mass is 371 g/mol. The number of methoxy groups -OCH3 is 1. The van der Waals surface area contributed by atoms with Gasteiger partial charge in [-0.15, -0.1) is 0 Å². The summed E-state index contributed by atoms with van der Waals surface area (Å²) in [7, 11) is 1.63. The van der Waals surface area contributed by atoms with Crippen LogP contribution in [-0.4, -0.2) is 22.1 Å². The number of ether oxygens (including phenoxy) is 1. The minimum atomic E-state index is 0.539. The van der Waals surface area contributed by atoms with Gasteiger partial charge in [-0.1, -0.05) is 42.0 Å². The van der Waals surface area contributed by atoms with Crippen molar-refractivity contribution in [3.8, 4) is 17.0 Å². The normalized spacial score (nSPS) is 10.8. The Hall–Kier alpha value is -3.67. The van der Waals surface area contributed by atoms with E-state index in [1.54, 1.807) is 19.6 Å². The molecule has 0 aliphatic heterocycles. The van der Waals surface area contributed by atoms with Gasteiger partial charge in [-0.05, 0) is 30.0 Å². The van der Waals surface area contributed by atoms with Crippen molar-refractivity contribution in [2.75, 3.05) is 18.2 Å². The molecular weight excluding hydrogens is 350 g/mol. The third kappa shape index (κ3) is 3.44. The van der Waals surface area contributed by atoms with E-state index in [1.807, 2.05) is 30.3 Å². The number of hydrogen-bond acceptors (Lipinski definition) is 6. The minimum Gasteiger partial charge on any atom is -0.491 e. The lowest BCUT2D eigenvalue weighted by Gasteiger charge is -2.14. The van der Waals surface area contributed by atoms with Gasteiger partial charge in [0.05, 0.1) is 7.11 Å². The van der Waals surface area contributed by atoms with Crippen LogP contribution in [0.5, 0.6) is 5.75 Å². The number of nitrogens with one attached hydrogen (secondary N) is 1. The quantitative estimate of drug-likeness (QED) is 0.547. The van der Waals surface area contributed by atoms with Crippen LogP contribution >= 0.6 is 0 Å². The fourth-order valence-corrected chi connectivity index (χ4v) is 3.16. The number of rotatable bonds is 5. The van der Waals surface area contributed by atoms with Crippen LogP contribution in [0.2, 0.25) is 0 Å². The second-order valence-electron chi connectivity index (χ2n) is 6.58. The highest BCUT2D eigenvalue weighted by atomic mass is 16.5. The number of nitrogen functional groups attached to an aromatic ring is 1. The van der Waals surface area contributed by atoms with Crippen molar-refractivity contribution in [3.05, 3.63) is 72.2 Å². The highest BCUT2D eigenvalue weighted by Gasteiger charge is 2.14. The lowest BCUT2D eigenvalue weighted by atomic mass is 10.1. The van der Waals surface area contributed by atoms with E-state index in [0.29, 0.717) is 23.9 Å². The third-order valence-electron chi connectivity index (χ3n) is 4.65. The Labute approximate surface area is 163 Å². The van der Waals surface area contributed by atoms with E-state index in [1.165, 1.54) is 5.56 Å². The lowest BCUT2D eigenvalue weighted by molar-refractivity contribution is 0.414. The van der Waals surface area contributed by atoms with E-state index in [0.717, 1.165) is 27.6 Å². The molecule has 4 rings (SSSR count). The second-order valence-corrected chi connectivity index (χ2v) is 6.58. The molecule has 0 unspecified atom stereocenters. The van der Waals surface area contributed by atoms with Crippen molar-refractivity contribution in [2.45, 2.75) is 13.5 Å². The van der Waals surface area contributed by atoms with Gasteiger partial charge in [0.1, 0.15) is 17.8 Å². The number of aromatic nitrogens is 3. The van der Waals surface area contributed by atoms with E-state index in [9.17, 15) is 0 Å². The Morgan fingerprint density at radius 3 is 2.61 bits per heavy atom. The Morgan fingerprint density at radius 2 is 1.82 bits per heavy atom. The van der Waals surface area contributed by atoms with Gasteiger partial charge in [-0.2, -0.15) is 0 Å². The van der Waals surface area contributed by atoms with Crippen molar-refractivity contribution in [1.29, 1.82) is 0 Å². The summed E-state index contributed by atoms with van der Waals surface area (Å²) in [6, 6.07) is 16.2. The maximum absolute atomic E-state index is 5.93. The minimum absolute atomic E-state index is 0.539. The zero-order valence-electron chi connectivity index (χ0n) is 15.8. The predicted octanol–water partition coefficient (Wildman–Crippen LogP) is 4.20. The second kappa shape index (κ2) is 7.52. The van der Waals surface area contributed by atoms with Crippen LogP contribution in [0.4, 0.5) is 11.6 Å². The van der Waals surface area contributed by atoms with Gasteiger partial charge in [-0.25, -0.2) is 15.0 Å². The van der Waals surface area contributed by atoms with Crippen molar-refractivity contribution < 1.29 is 4.74 Å². The van der Waals surface area contributed by atoms with E-state index < -0.39 is 0 Å². The van der Waals surface area contributed by atoms with Crippen molar-refractivity contribution in [1.82, 2.24) is 15.0 Å². The molecule has 0 saturated heterocycles. The van der Waals surface area contributed by atoms with Crippen molar-refractivity contribution in [2.24, 2.45) is 0 Å². The molecule has 0 bridgehead atoms. The fraction of sp³-hybridized carbons (Fsp3) is 0.136. The molecule has 2 heterocycles. The summed E-state index contributed by atoms with van der Waals surface area (Å²) in [6.07, 6.45) is 3.27. The molecule has 140 valence electrons. The molecule has 0 amide bonds. The molecule has 0 aliphatic carbocycles. The molecule has 0 fully saturated rings. The first-order valence-electron chi connectivity index (χ1n) is 8.98. The first-order chi connectivity index (χ1) is 13.7. The summed E-state index contributed by atoms with van der Waals surface area (Å²) in [5.74, 6) is 1.82. The summed E-state index contributed by atoms with van der Waals surface area (Å²) < 4.78 is 5.62. The third-order valence-corrected chi connectivity index (χ3v) is 4.65. The first kappa shape index (κ1) is 17.7. The summed E-state index contributed by atoms with van der Waals surface area (Å²) in [5.41, 5.74) is 9.98. The SMILES string of the molecule is COc1c(NCc2ccc3c(N)nccc3c2)ncnc1-c1ccc(C)cc1. The molecule has 3 N–H and O–H groups in total. The fourth-order valence-electron chi connectivity index (χ4n) is 3.16. The van der Waals surface area contributed by atoms with E-state index in [-0.39, 0.29) is 0 Å². The number of pyridine rings is 1. The number of fused-ring (bicyclic) bond motifs is 1. The zero-order chi connectivity index (χ0) is 19.5. The van der Waals surface area contributed by atoms with Gasteiger partial charge >= 0.3 is 0 Å². The summed E-state index contributed by atoms with van der Waals surface area (Å²) in [5, 5.41) is 5.37. The van der Waals surface area contributed by atoms with Gasteiger partial charge in [-0.3, -0.25) is 0 Å². The molecule has 2 aromatic heterocycles. The largest absolute Gasteiger partial charge is 0.491 e. The van der Waals surface area contributed by atoms with Gasteiger partial charge in [0.25, 0.3) is 0 Å². The Morgan fingerprint density at radius 1 is 1.00 bits per heavy atom. The van der Waals surface area contributed by atoms with Gasteiger partial charge < -0.3 is 15.8 Å². The molecule has 6 heteroatoms. The molecule has 28 heavy (non-hydrogen) atoms. The van der Waals surface area contributed by atoms with Crippen LogP contribution in [0.1, 0.15) is 11.1 Å². The van der Waals surface area contributed by atoms with Crippen molar-refractivity contribution >= 4 is 22.4 Å². The molecule has 0 saturated carbocycles. The Bertz CT molecular complexity index is 1130. The molecule has 4 aromatic rings. The van der Waals surface area contributed by atoms with Crippen LogP contribution < -0.4 is 15.8 Å². The molecular formula is C22H21N5O. The molecule has 6 nitrogen and oxygen atoms in total. The van der Waals surface area contributed by atoms with Gasteiger partial charge in [0.15, 0.2) is 11.6 Å². The average molecular weight is 371 g/mol. The van der Waals surface area contributed by atoms with Gasteiger partial charge in [0.2, 0.25) is 0 Å². The maximum Gasteiger partial charge on any atom is 0.187 e. The number of nitrogens with two attached hydrogens (primary N) is 1. The number of nitrogens with zero attached hydrogens (tertiary/aromatic N) is 3. The summed E-state index contributed by atoms with van der Waals surface area (Å²) >= 11 is 0. The molecule has 0 radical (unpaired) electrons. The first-order valence-corrected chi connectivity index (χ1v) is 8.98. The molecule has 0 spiro atoms. The smallest absolute Gasteiger partial charge is 0.187 e. The highest BCUT2D eigenvalue weighted by Crippen LogP contribution is 2.33. The molecule has 0 aliphatic rings. The van der Waals surface area contributed by atoms with Crippen LogP contribution in [0.15, 0.2) is 61.1 Å². The Balaban J connectivity index is 1.61. The standard InChI is InChI=1S/C22H21N5O/c1-14-3-6-16(7-4-14)19-20(28-2)22(27-13-26-19)25-12-15-5-8-18-17(11-15)9-10-24-21(18)23/h3-11,13H,12H2,1-2H3,(H2,23,24)(H,25,26,27). The van der Waals surface area contributed by atoms with Crippen LogP contribution in [0.3, 0.4) is 0 Å². The van der Waals surface area contributed by atoms with Crippen LogP contribution in [0, 0.1) is 6.92 Å². The summed E-state index contributed by atoms with van der Waals surface area (Å²) in [4.78, 5) is 12.9. The maximum atomic E-state index is 5.93. The van der Waals surface area contributed by atoms with Crippen molar-refractivity contribution in [3.63, 3.8) is 0 Å². The number of anilines is 2. The van der Waals surface area contributed by atoms with Crippen LogP contribution in [0.25, 0.3) is 22.0 Å². The van der Waals surface area contributed by atoms with Gasteiger partial charge in [0, 0.05) is 23.7 Å². The molecule has 0 atom stereocenters. The van der Waals surface area contributed by atoms with E-state index in [4.69, 9.17) is 10.5 Å². The number of benzene rings is 2. The van der Waals surface area contributed by atoms with Crippen LogP contribution in [-0.2, 0) is 6.54 Å². The average Bonchev–Trinajstić information content (AvgIpc) is 2.72. The lowest BCUT2D eigenvalue weighted by Crippen LogP contribution is -2.05. The number of hydrogen-bond donors (Lipinski definition) is 2. The molecule has 2 aromatic carbocycles. The van der Waals surface area contributed by atoms with E-state index >= 15 is 0 Å². The zero-order valence-corrected chi connectivity index (χ0v) is 15.8. The Kier molecular flexibility index (Phi) is 4.76. The topological polar surface area (TPSA) is 86.0 Å².